The van der Waals surface area contributed by atoms with Crippen molar-refractivity contribution < 1.29 is 19.0 Å². The molecule has 0 aliphatic heterocycles. The third-order valence-electron chi connectivity index (χ3n) is 2.91. The van der Waals surface area contributed by atoms with Crippen molar-refractivity contribution in [1.29, 1.82) is 0 Å². The Hall–Kier alpha value is -2.20. The molecule has 2 aromatic carbocycles. The second-order valence-electron chi connectivity index (χ2n) is 4.38. The molecule has 20 heavy (non-hydrogen) atoms. The van der Waals surface area contributed by atoms with Gasteiger partial charge >= 0.3 is 0 Å². The Labute approximate surface area is 116 Å². The number of Topliss-reactive ketones (excluding diaryl/α,β-unsaturated/α-hetero) is 1. The van der Waals surface area contributed by atoms with Gasteiger partial charge < -0.3 is 9.84 Å². The van der Waals surface area contributed by atoms with E-state index in [2.05, 4.69) is 0 Å². The standard InChI is InChI=1S/C16H15FO3/c1-11(19)13-6-7-16(14(17)10-13)20-15-5-3-2-4-12(15)8-9-18/h2-7,10,18H,8-9H2,1H3. The van der Waals surface area contributed by atoms with E-state index in [-0.39, 0.29) is 18.1 Å². The number of carbonyl (C=O) groups excluding carboxylic acids is 1. The molecule has 0 spiro atoms. The van der Waals surface area contributed by atoms with Crippen molar-refractivity contribution in [1.82, 2.24) is 0 Å². The molecule has 2 aromatic rings. The lowest BCUT2D eigenvalue weighted by Gasteiger charge is -2.11. The number of para-hydroxylation sites is 1. The molecule has 0 heterocycles. The molecule has 0 aromatic heterocycles. The molecule has 0 saturated carbocycles. The Balaban J connectivity index is 2.28. The van der Waals surface area contributed by atoms with Crippen LogP contribution in [0.4, 0.5) is 4.39 Å². The van der Waals surface area contributed by atoms with Crippen molar-refractivity contribution in [3.63, 3.8) is 0 Å². The van der Waals surface area contributed by atoms with Gasteiger partial charge in [0.2, 0.25) is 0 Å². The number of ether oxygens (including phenoxy) is 1. The summed E-state index contributed by atoms with van der Waals surface area (Å²) in [7, 11) is 0. The minimum atomic E-state index is -0.587. The molecule has 2 rings (SSSR count). The first-order valence-corrected chi connectivity index (χ1v) is 6.29. The number of ketones is 1. The Morgan fingerprint density at radius 2 is 1.95 bits per heavy atom. The minimum Gasteiger partial charge on any atom is -0.454 e. The van der Waals surface area contributed by atoms with Crippen LogP contribution in [0.5, 0.6) is 11.5 Å². The molecule has 0 amide bonds. The number of carbonyl (C=O) groups is 1. The van der Waals surface area contributed by atoms with Crippen LogP contribution in [0, 0.1) is 5.82 Å². The maximum Gasteiger partial charge on any atom is 0.166 e. The zero-order chi connectivity index (χ0) is 14.5. The molecule has 0 bridgehead atoms. The van der Waals surface area contributed by atoms with Gasteiger partial charge in [-0.05, 0) is 43.2 Å². The summed E-state index contributed by atoms with van der Waals surface area (Å²) in [4.78, 5) is 11.2. The van der Waals surface area contributed by atoms with Gasteiger partial charge in [-0.25, -0.2) is 4.39 Å². The first-order valence-electron chi connectivity index (χ1n) is 6.29. The Morgan fingerprint density at radius 3 is 2.60 bits per heavy atom. The average molecular weight is 274 g/mol. The van der Waals surface area contributed by atoms with E-state index in [1.165, 1.54) is 19.1 Å². The number of halogens is 1. The van der Waals surface area contributed by atoms with Crippen LogP contribution in [0.2, 0.25) is 0 Å². The SMILES string of the molecule is CC(=O)c1ccc(Oc2ccccc2CCO)c(F)c1. The molecule has 0 atom stereocenters. The highest BCUT2D eigenvalue weighted by atomic mass is 19.1. The number of rotatable bonds is 5. The molecule has 1 N–H and O–H groups in total. The Morgan fingerprint density at radius 1 is 1.20 bits per heavy atom. The number of benzene rings is 2. The number of aliphatic hydroxyl groups excluding tert-OH is 1. The van der Waals surface area contributed by atoms with Crippen molar-refractivity contribution in [3.8, 4) is 11.5 Å². The summed E-state index contributed by atoms with van der Waals surface area (Å²) in [6, 6.07) is 11.2. The molecule has 0 aliphatic carbocycles. The van der Waals surface area contributed by atoms with Crippen molar-refractivity contribution in [2.45, 2.75) is 13.3 Å². The van der Waals surface area contributed by atoms with Crippen molar-refractivity contribution >= 4 is 5.78 Å². The predicted octanol–water partition coefficient (Wildman–Crippen LogP) is 3.36. The van der Waals surface area contributed by atoms with E-state index in [0.29, 0.717) is 17.7 Å². The van der Waals surface area contributed by atoms with Gasteiger partial charge in [-0.2, -0.15) is 0 Å². The lowest BCUT2D eigenvalue weighted by Crippen LogP contribution is -1.98. The summed E-state index contributed by atoms with van der Waals surface area (Å²) < 4.78 is 19.4. The van der Waals surface area contributed by atoms with Crippen LogP contribution < -0.4 is 4.74 Å². The zero-order valence-electron chi connectivity index (χ0n) is 11.1. The number of hydrogen-bond acceptors (Lipinski definition) is 3. The third kappa shape index (κ3) is 3.22. The summed E-state index contributed by atoms with van der Waals surface area (Å²) in [6.45, 7) is 1.37. The zero-order valence-corrected chi connectivity index (χ0v) is 11.1. The average Bonchev–Trinajstić information content (AvgIpc) is 2.43. The fourth-order valence-electron chi connectivity index (χ4n) is 1.85. The van der Waals surface area contributed by atoms with E-state index >= 15 is 0 Å². The van der Waals surface area contributed by atoms with Crippen LogP contribution in [-0.4, -0.2) is 17.5 Å². The number of aliphatic hydroxyl groups is 1. The van der Waals surface area contributed by atoms with E-state index in [0.717, 1.165) is 11.6 Å². The van der Waals surface area contributed by atoms with Gasteiger partial charge in [-0.3, -0.25) is 4.79 Å². The van der Waals surface area contributed by atoms with Gasteiger partial charge in [0.1, 0.15) is 5.75 Å². The van der Waals surface area contributed by atoms with E-state index in [9.17, 15) is 9.18 Å². The van der Waals surface area contributed by atoms with Crippen LogP contribution in [0.1, 0.15) is 22.8 Å². The molecule has 0 unspecified atom stereocenters. The highest BCUT2D eigenvalue weighted by Gasteiger charge is 2.10. The molecule has 4 heteroatoms. The van der Waals surface area contributed by atoms with Gasteiger partial charge in [0.05, 0.1) is 0 Å². The van der Waals surface area contributed by atoms with E-state index in [1.54, 1.807) is 12.1 Å². The van der Waals surface area contributed by atoms with Crippen LogP contribution in [0.3, 0.4) is 0 Å². The monoisotopic (exact) mass is 274 g/mol. The molecule has 104 valence electrons. The summed E-state index contributed by atoms with van der Waals surface area (Å²) >= 11 is 0. The highest BCUT2D eigenvalue weighted by Crippen LogP contribution is 2.28. The van der Waals surface area contributed by atoms with Gasteiger partial charge in [0.25, 0.3) is 0 Å². The van der Waals surface area contributed by atoms with E-state index in [4.69, 9.17) is 9.84 Å². The first-order chi connectivity index (χ1) is 9.61. The van der Waals surface area contributed by atoms with Crippen molar-refractivity contribution in [3.05, 3.63) is 59.4 Å². The van der Waals surface area contributed by atoms with Crippen LogP contribution in [-0.2, 0) is 6.42 Å². The highest BCUT2D eigenvalue weighted by molar-refractivity contribution is 5.94. The molecule has 0 radical (unpaired) electrons. The second kappa shape index (κ2) is 6.30. The van der Waals surface area contributed by atoms with Gasteiger partial charge in [0.15, 0.2) is 17.3 Å². The molecule has 3 nitrogen and oxygen atoms in total. The van der Waals surface area contributed by atoms with E-state index < -0.39 is 5.82 Å². The summed E-state index contributed by atoms with van der Waals surface area (Å²) in [5.41, 5.74) is 1.10. The predicted molar refractivity (Wildman–Crippen MR) is 73.7 cm³/mol. The fourth-order valence-corrected chi connectivity index (χ4v) is 1.85. The van der Waals surface area contributed by atoms with E-state index in [1.807, 2.05) is 12.1 Å². The van der Waals surface area contributed by atoms with Crippen LogP contribution >= 0.6 is 0 Å². The maximum atomic E-state index is 13.9. The smallest absolute Gasteiger partial charge is 0.166 e. The normalized spacial score (nSPS) is 10.3. The maximum absolute atomic E-state index is 13.9. The third-order valence-corrected chi connectivity index (χ3v) is 2.91. The lowest BCUT2D eigenvalue weighted by molar-refractivity contribution is 0.101. The minimum absolute atomic E-state index is 0.00781. The molecule has 0 saturated heterocycles. The number of hydrogen-bond donors (Lipinski definition) is 1. The molecular weight excluding hydrogens is 259 g/mol. The quantitative estimate of drug-likeness (QED) is 0.850. The van der Waals surface area contributed by atoms with Crippen molar-refractivity contribution in [2.75, 3.05) is 6.61 Å². The lowest BCUT2D eigenvalue weighted by atomic mass is 10.1. The first kappa shape index (κ1) is 14.2. The van der Waals surface area contributed by atoms with Gasteiger partial charge in [-0.15, -0.1) is 0 Å². The topological polar surface area (TPSA) is 46.5 Å². The fraction of sp³-hybridized carbons (Fsp3) is 0.188. The Kier molecular flexibility index (Phi) is 4.48. The molecule has 0 aliphatic rings. The largest absolute Gasteiger partial charge is 0.454 e. The van der Waals surface area contributed by atoms with Gasteiger partial charge in [-0.1, -0.05) is 18.2 Å². The summed E-state index contributed by atoms with van der Waals surface area (Å²) in [5.74, 6) is -0.232. The van der Waals surface area contributed by atoms with Gasteiger partial charge in [0, 0.05) is 12.2 Å². The molecule has 0 fully saturated rings. The Bertz CT molecular complexity index is 623. The summed E-state index contributed by atoms with van der Waals surface area (Å²) in [5, 5.41) is 9.00. The summed E-state index contributed by atoms with van der Waals surface area (Å²) in [6.07, 6.45) is 0.434. The van der Waals surface area contributed by atoms with Crippen LogP contribution in [0.15, 0.2) is 42.5 Å². The second-order valence-corrected chi connectivity index (χ2v) is 4.38. The van der Waals surface area contributed by atoms with Crippen LogP contribution in [0.25, 0.3) is 0 Å². The molecular formula is C16H15FO3. The van der Waals surface area contributed by atoms with Crippen molar-refractivity contribution in [2.24, 2.45) is 0 Å².